The fraction of sp³-hybridized carbons (Fsp3) is 0.722. The molecule has 0 aliphatic rings. The Bertz CT molecular complexity index is 869. The first kappa shape index (κ1) is 42.1. The molecule has 4 N–H and O–H groups in total. The number of hydrogen-bond acceptors (Lipinski definition) is 6. The molecule has 0 spiro atoms. The number of amides is 2. The minimum atomic E-state index is -1.39. The summed E-state index contributed by atoms with van der Waals surface area (Å²) in [5.74, 6) is -2.38. The lowest BCUT2D eigenvalue weighted by molar-refractivity contribution is -0.150. The summed E-state index contributed by atoms with van der Waals surface area (Å²) in [7, 11) is 0. The largest absolute Gasteiger partial charge is 0.480 e. The van der Waals surface area contributed by atoms with Crippen molar-refractivity contribution in [1.82, 2.24) is 10.6 Å². The Morgan fingerprint density at radius 3 is 1.89 bits per heavy atom. The minimum absolute atomic E-state index is 0.0528. The van der Waals surface area contributed by atoms with E-state index < -0.39 is 24.5 Å². The van der Waals surface area contributed by atoms with Gasteiger partial charge in [0.25, 0.3) is 0 Å². The third-order valence-corrected chi connectivity index (χ3v) is 7.40. The topological polar surface area (TPSA) is 142 Å². The van der Waals surface area contributed by atoms with Gasteiger partial charge in [-0.3, -0.25) is 14.4 Å². The highest BCUT2D eigenvalue weighted by molar-refractivity contribution is 5.87. The van der Waals surface area contributed by atoms with Crippen LogP contribution in [0.3, 0.4) is 0 Å². The van der Waals surface area contributed by atoms with Crippen LogP contribution in [0.5, 0.6) is 0 Å². The molecule has 0 heterocycles. The molecular formula is C36H62N2O7. The lowest BCUT2D eigenvalue weighted by Gasteiger charge is -2.18. The number of ether oxygens (including phenoxy) is 1. The maximum absolute atomic E-state index is 12.6. The molecule has 45 heavy (non-hydrogen) atoms. The fourth-order valence-corrected chi connectivity index (χ4v) is 4.73. The molecule has 258 valence electrons. The molecule has 0 aliphatic heterocycles. The molecule has 2 atom stereocenters. The van der Waals surface area contributed by atoms with Gasteiger partial charge in [-0.2, -0.15) is 0 Å². The standard InChI is InChI=1S/C36H62N2O7/c1-3-5-7-9-10-11-12-13-14-15-16-18-24-28-35(42)45-31(25-21-17-8-6-4-2)26-22-19-20-23-27-33(40)37-29-34(41)38-32(30-39)36(43)44/h5,7,10-11,13-14,31-32,39H,3-4,6,8-9,12,15-30H2,1-2H3,(H,37,40)(H,38,41)(H,43,44)/b7-5-,11-10-,14-13-. The van der Waals surface area contributed by atoms with Crippen LogP contribution in [0.2, 0.25) is 0 Å². The van der Waals surface area contributed by atoms with Gasteiger partial charge in [-0.15, -0.1) is 0 Å². The molecule has 0 fully saturated rings. The van der Waals surface area contributed by atoms with E-state index in [0.29, 0.717) is 12.8 Å². The van der Waals surface area contributed by atoms with Gasteiger partial charge in [0.2, 0.25) is 11.8 Å². The van der Waals surface area contributed by atoms with Gasteiger partial charge in [0.15, 0.2) is 0 Å². The number of allylic oxidation sites excluding steroid dienone is 6. The van der Waals surface area contributed by atoms with Gasteiger partial charge < -0.3 is 25.6 Å². The SMILES string of the molecule is CC/C=C\C/C=C\C/C=C\CCCCCC(=O)OC(CCCCCCC)CCCCCCC(=O)NCC(=O)NC(CO)C(=O)O. The maximum atomic E-state index is 12.6. The fourth-order valence-electron chi connectivity index (χ4n) is 4.73. The second kappa shape index (κ2) is 31.1. The highest BCUT2D eigenvalue weighted by Crippen LogP contribution is 2.18. The molecule has 0 rings (SSSR count). The van der Waals surface area contributed by atoms with Crippen molar-refractivity contribution >= 4 is 23.8 Å². The van der Waals surface area contributed by atoms with Crippen molar-refractivity contribution in [3.63, 3.8) is 0 Å². The van der Waals surface area contributed by atoms with E-state index in [9.17, 15) is 19.2 Å². The van der Waals surface area contributed by atoms with Crippen molar-refractivity contribution in [3.8, 4) is 0 Å². The van der Waals surface area contributed by atoms with Gasteiger partial charge in [-0.05, 0) is 70.6 Å². The molecule has 0 aromatic carbocycles. The van der Waals surface area contributed by atoms with Gasteiger partial charge in [0.1, 0.15) is 12.1 Å². The summed E-state index contributed by atoms with van der Waals surface area (Å²) in [4.78, 5) is 47.1. The van der Waals surface area contributed by atoms with Crippen LogP contribution in [0.15, 0.2) is 36.5 Å². The van der Waals surface area contributed by atoms with Gasteiger partial charge in [0, 0.05) is 12.8 Å². The third-order valence-electron chi connectivity index (χ3n) is 7.40. The van der Waals surface area contributed by atoms with Crippen molar-refractivity contribution in [2.45, 2.75) is 154 Å². The van der Waals surface area contributed by atoms with E-state index in [4.69, 9.17) is 14.9 Å². The van der Waals surface area contributed by atoms with Crippen molar-refractivity contribution in [2.24, 2.45) is 0 Å². The normalized spacial score (nSPS) is 13.0. The molecule has 0 bridgehead atoms. The molecule has 2 unspecified atom stereocenters. The Balaban J connectivity index is 4.20. The van der Waals surface area contributed by atoms with E-state index in [1.54, 1.807) is 0 Å². The predicted octanol–water partition coefficient (Wildman–Crippen LogP) is 7.09. The van der Waals surface area contributed by atoms with Crippen molar-refractivity contribution in [2.75, 3.05) is 13.2 Å². The van der Waals surface area contributed by atoms with Gasteiger partial charge in [0.05, 0.1) is 13.2 Å². The van der Waals surface area contributed by atoms with Crippen LogP contribution in [0, 0.1) is 0 Å². The van der Waals surface area contributed by atoms with Crippen molar-refractivity contribution in [1.29, 1.82) is 0 Å². The van der Waals surface area contributed by atoms with Crippen LogP contribution in [0.1, 0.15) is 142 Å². The highest BCUT2D eigenvalue weighted by atomic mass is 16.5. The highest BCUT2D eigenvalue weighted by Gasteiger charge is 2.19. The lowest BCUT2D eigenvalue weighted by Crippen LogP contribution is -2.47. The number of esters is 1. The molecular weight excluding hydrogens is 572 g/mol. The zero-order valence-electron chi connectivity index (χ0n) is 28.1. The second-order valence-corrected chi connectivity index (χ2v) is 11.6. The quantitative estimate of drug-likeness (QED) is 0.0375. The van der Waals surface area contributed by atoms with Gasteiger partial charge in [-0.1, -0.05) is 95.2 Å². The number of carboxylic acid groups (broad SMARTS) is 1. The number of aliphatic carboxylic acids is 1. The third kappa shape index (κ3) is 28.3. The van der Waals surface area contributed by atoms with Crippen LogP contribution in [0.4, 0.5) is 0 Å². The van der Waals surface area contributed by atoms with E-state index in [2.05, 4.69) is 60.9 Å². The van der Waals surface area contributed by atoms with Crippen LogP contribution < -0.4 is 10.6 Å². The molecule has 0 saturated heterocycles. The predicted molar refractivity (Wildman–Crippen MR) is 181 cm³/mol. The summed E-state index contributed by atoms with van der Waals surface area (Å²) in [6.45, 7) is 3.28. The van der Waals surface area contributed by atoms with E-state index in [1.165, 1.54) is 19.3 Å². The smallest absolute Gasteiger partial charge is 0.328 e. The number of nitrogens with one attached hydrogen (secondary N) is 2. The number of hydrogen-bond donors (Lipinski definition) is 4. The molecule has 0 radical (unpaired) electrons. The number of carboxylic acids is 1. The monoisotopic (exact) mass is 634 g/mol. The van der Waals surface area contributed by atoms with E-state index in [0.717, 1.165) is 89.9 Å². The Labute approximate surface area is 272 Å². The first-order valence-corrected chi connectivity index (χ1v) is 17.4. The lowest BCUT2D eigenvalue weighted by atomic mass is 10.0. The Morgan fingerprint density at radius 1 is 0.689 bits per heavy atom. The number of carbonyl (C=O) groups is 4. The number of aliphatic hydroxyl groups excluding tert-OH is 1. The van der Waals surface area contributed by atoms with E-state index in [-0.39, 0.29) is 30.9 Å². The van der Waals surface area contributed by atoms with Crippen LogP contribution in [0.25, 0.3) is 0 Å². The molecule has 0 aromatic rings. The Morgan fingerprint density at radius 2 is 1.27 bits per heavy atom. The van der Waals surface area contributed by atoms with Crippen molar-refractivity contribution < 1.29 is 34.1 Å². The molecule has 9 heteroatoms. The molecule has 0 saturated carbocycles. The number of unbranched alkanes of at least 4 members (excludes halogenated alkanes) is 10. The van der Waals surface area contributed by atoms with Crippen LogP contribution in [-0.4, -0.2) is 59.3 Å². The number of aliphatic hydroxyl groups is 1. The summed E-state index contributed by atoms with van der Waals surface area (Å²) in [5.41, 5.74) is 0. The molecule has 2 amide bonds. The first-order chi connectivity index (χ1) is 21.8. The average molecular weight is 635 g/mol. The van der Waals surface area contributed by atoms with Gasteiger partial charge in [-0.25, -0.2) is 4.79 Å². The zero-order chi connectivity index (χ0) is 33.4. The van der Waals surface area contributed by atoms with Crippen LogP contribution in [-0.2, 0) is 23.9 Å². The summed E-state index contributed by atoms with van der Waals surface area (Å²) >= 11 is 0. The number of carbonyl (C=O) groups excluding carboxylic acids is 3. The first-order valence-electron chi connectivity index (χ1n) is 17.4. The second-order valence-electron chi connectivity index (χ2n) is 11.6. The molecule has 9 nitrogen and oxygen atoms in total. The van der Waals surface area contributed by atoms with E-state index in [1.807, 2.05) is 0 Å². The summed E-state index contributed by atoms with van der Waals surface area (Å²) < 4.78 is 5.89. The Kier molecular flexibility index (Phi) is 29.0. The summed E-state index contributed by atoms with van der Waals surface area (Å²) in [6, 6.07) is -1.39. The zero-order valence-corrected chi connectivity index (χ0v) is 28.1. The molecule has 0 aromatic heterocycles. The number of rotatable bonds is 30. The molecule has 0 aliphatic carbocycles. The summed E-state index contributed by atoms with van der Waals surface area (Å²) in [5, 5.41) is 22.4. The van der Waals surface area contributed by atoms with Crippen molar-refractivity contribution in [3.05, 3.63) is 36.5 Å². The maximum Gasteiger partial charge on any atom is 0.328 e. The van der Waals surface area contributed by atoms with Crippen LogP contribution >= 0.6 is 0 Å². The van der Waals surface area contributed by atoms with Gasteiger partial charge >= 0.3 is 11.9 Å². The summed E-state index contributed by atoms with van der Waals surface area (Å²) in [6.07, 6.45) is 31.9. The average Bonchev–Trinajstić information content (AvgIpc) is 3.02. The minimum Gasteiger partial charge on any atom is -0.480 e. The Hall–Kier alpha value is -2.94. The van der Waals surface area contributed by atoms with E-state index >= 15 is 0 Å².